The quantitative estimate of drug-likeness (QED) is 0.549. The van der Waals surface area contributed by atoms with Crippen LogP contribution in [0.4, 0.5) is 5.69 Å². The molecule has 0 spiro atoms. The van der Waals surface area contributed by atoms with Crippen LogP contribution in [0.25, 0.3) is 11.4 Å². The van der Waals surface area contributed by atoms with Crippen LogP contribution in [0, 0.1) is 6.92 Å². The molecule has 3 rings (SSSR count). The number of rotatable bonds is 8. The average Bonchev–Trinajstić information content (AvgIpc) is 3.11. The number of aryl methyl sites for hydroxylation is 1. The highest BCUT2D eigenvalue weighted by Gasteiger charge is 2.18. The normalized spacial score (nSPS) is 10.6. The second-order valence-corrected chi connectivity index (χ2v) is 7.43. The number of aromatic nitrogens is 3. The Morgan fingerprint density at radius 2 is 1.77 bits per heavy atom. The molecule has 158 valence electrons. The van der Waals surface area contributed by atoms with Crippen LogP contribution in [0.15, 0.2) is 41.6 Å². The van der Waals surface area contributed by atoms with E-state index in [9.17, 15) is 4.79 Å². The summed E-state index contributed by atoms with van der Waals surface area (Å²) in [6.07, 6.45) is 0. The number of hydrogen-bond donors (Lipinski definition) is 1. The molecule has 9 heteroatoms. The zero-order chi connectivity index (χ0) is 21.7. The van der Waals surface area contributed by atoms with Gasteiger partial charge in [0.25, 0.3) is 0 Å². The van der Waals surface area contributed by atoms with Crippen LogP contribution in [0.2, 0.25) is 0 Å². The second kappa shape index (κ2) is 9.53. The van der Waals surface area contributed by atoms with E-state index in [2.05, 4.69) is 15.5 Å². The number of carbonyl (C=O) groups excluding carboxylic acids is 1. The number of nitrogens with one attached hydrogen (secondary N) is 1. The lowest BCUT2D eigenvalue weighted by atomic mass is 10.1. The van der Waals surface area contributed by atoms with E-state index in [1.165, 1.54) is 11.8 Å². The maximum Gasteiger partial charge on any atom is 0.234 e. The minimum absolute atomic E-state index is 0.108. The van der Waals surface area contributed by atoms with Gasteiger partial charge >= 0.3 is 0 Å². The summed E-state index contributed by atoms with van der Waals surface area (Å²) in [5, 5.41) is 12.0. The monoisotopic (exact) mass is 428 g/mol. The molecule has 0 unspecified atom stereocenters. The molecule has 30 heavy (non-hydrogen) atoms. The van der Waals surface area contributed by atoms with Gasteiger partial charge in [0.2, 0.25) is 11.7 Å². The van der Waals surface area contributed by atoms with Crippen LogP contribution in [0.1, 0.15) is 5.56 Å². The Morgan fingerprint density at radius 1 is 1.07 bits per heavy atom. The lowest BCUT2D eigenvalue weighted by Gasteiger charge is -2.14. The van der Waals surface area contributed by atoms with E-state index >= 15 is 0 Å². The topological polar surface area (TPSA) is 87.5 Å². The number of ether oxygens (including phenoxy) is 3. The molecule has 8 nitrogen and oxygen atoms in total. The smallest absolute Gasteiger partial charge is 0.234 e. The van der Waals surface area contributed by atoms with Crippen molar-refractivity contribution in [1.82, 2.24) is 14.8 Å². The Balaban J connectivity index is 1.75. The lowest BCUT2D eigenvalue weighted by molar-refractivity contribution is -0.113. The number of amides is 1. The maximum absolute atomic E-state index is 12.3. The largest absolute Gasteiger partial charge is 0.493 e. The van der Waals surface area contributed by atoms with Crippen molar-refractivity contribution in [3.8, 4) is 28.6 Å². The average molecular weight is 429 g/mol. The summed E-state index contributed by atoms with van der Waals surface area (Å²) in [6, 6.07) is 11.3. The summed E-state index contributed by atoms with van der Waals surface area (Å²) in [5.41, 5.74) is 2.62. The molecular formula is C21H24N4O4S. The van der Waals surface area contributed by atoms with Crippen molar-refractivity contribution in [3.63, 3.8) is 0 Å². The molecule has 3 aromatic rings. The summed E-state index contributed by atoms with van der Waals surface area (Å²) in [6.45, 7) is 1.98. The first kappa shape index (κ1) is 21.5. The minimum atomic E-state index is -0.108. The van der Waals surface area contributed by atoms with Crippen LogP contribution in [-0.4, -0.2) is 47.8 Å². The van der Waals surface area contributed by atoms with Crippen LogP contribution in [0.3, 0.4) is 0 Å². The number of anilines is 1. The molecule has 0 aliphatic carbocycles. The molecule has 0 fully saturated rings. The molecule has 0 radical (unpaired) electrons. The Bertz CT molecular complexity index is 1030. The maximum atomic E-state index is 12.3. The number of hydrogen-bond acceptors (Lipinski definition) is 7. The molecular weight excluding hydrogens is 404 g/mol. The molecule has 0 aliphatic rings. The van der Waals surface area contributed by atoms with E-state index < -0.39 is 0 Å². The van der Waals surface area contributed by atoms with Gasteiger partial charge in [-0.2, -0.15) is 0 Å². The number of nitrogens with zero attached hydrogens (tertiary/aromatic N) is 3. The van der Waals surface area contributed by atoms with E-state index in [4.69, 9.17) is 14.2 Å². The fourth-order valence-electron chi connectivity index (χ4n) is 2.95. The number of thioether (sulfide) groups is 1. The molecule has 0 aliphatic heterocycles. The molecule has 0 saturated heterocycles. The third-order valence-corrected chi connectivity index (χ3v) is 5.41. The minimum Gasteiger partial charge on any atom is -0.493 e. The van der Waals surface area contributed by atoms with Gasteiger partial charge < -0.3 is 24.1 Å². The fourth-order valence-corrected chi connectivity index (χ4v) is 3.66. The summed E-state index contributed by atoms with van der Waals surface area (Å²) >= 11 is 1.31. The van der Waals surface area contributed by atoms with Crippen molar-refractivity contribution < 1.29 is 19.0 Å². The number of methoxy groups -OCH3 is 3. The van der Waals surface area contributed by atoms with Crippen molar-refractivity contribution in [2.75, 3.05) is 32.4 Å². The number of carbonyl (C=O) groups is 1. The van der Waals surface area contributed by atoms with Gasteiger partial charge in [0.05, 0.1) is 27.1 Å². The second-order valence-electron chi connectivity index (χ2n) is 6.49. The third kappa shape index (κ3) is 4.68. The lowest BCUT2D eigenvalue weighted by Crippen LogP contribution is -2.14. The van der Waals surface area contributed by atoms with Gasteiger partial charge in [0, 0.05) is 18.3 Å². The summed E-state index contributed by atoms with van der Waals surface area (Å²) in [4.78, 5) is 12.3. The summed E-state index contributed by atoms with van der Waals surface area (Å²) in [5.74, 6) is 2.30. The summed E-state index contributed by atoms with van der Waals surface area (Å²) < 4.78 is 18.0. The molecule has 2 aromatic carbocycles. The Kier molecular flexibility index (Phi) is 6.83. The van der Waals surface area contributed by atoms with Crippen LogP contribution in [0.5, 0.6) is 17.2 Å². The van der Waals surface area contributed by atoms with Crippen molar-refractivity contribution in [2.24, 2.45) is 7.05 Å². The SMILES string of the molecule is COc1cc(-c2nnc(SCC(=O)Nc3cccc(C)c3)n2C)cc(OC)c1OC. The van der Waals surface area contributed by atoms with Gasteiger partial charge in [-0.25, -0.2) is 0 Å². The highest BCUT2D eigenvalue weighted by atomic mass is 32.2. The van der Waals surface area contributed by atoms with Crippen LogP contribution < -0.4 is 19.5 Å². The third-order valence-electron chi connectivity index (χ3n) is 4.39. The van der Waals surface area contributed by atoms with Crippen molar-refractivity contribution in [2.45, 2.75) is 12.1 Å². The van der Waals surface area contributed by atoms with Crippen LogP contribution >= 0.6 is 11.8 Å². The highest BCUT2D eigenvalue weighted by molar-refractivity contribution is 7.99. The zero-order valence-electron chi connectivity index (χ0n) is 17.6. The Morgan fingerprint density at radius 3 is 2.37 bits per heavy atom. The summed E-state index contributed by atoms with van der Waals surface area (Å²) in [7, 11) is 6.52. The molecule has 1 aromatic heterocycles. The Labute approximate surface area is 179 Å². The van der Waals surface area contributed by atoms with Crippen molar-refractivity contribution in [1.29, 1.82) is 0 Å². The predicted octanol–water partition coefficient (Wildman–Crippen LogP) is 3.55. The Hall–Kier alpha value is -3.20. The number of benzene rings is 2. The molecule has 0 bridgehead atoms. The van der Waals surface area contributed by atoms with E-state index in [1.807, 2.05) is 54.9 Å². The van der Waals surface area contributed by atoms with E-state index in [0.717, 1.165) is 16.8 Å². The van der Waals surface area contributed by atoms with Gasteiger partial charge in [0.1, 0.15) is 0 Å². The first-order valence-electron chi connectivity index (χ1n) is 9.16. The molecule has 0 saturated carbocycles. The molecule has 0 atom stereocenters. The molecule has 1 N–H and O–H groups in total. The van der Waals surface area contributed by atoms with Crippen molar-refractivity contribution in [3.05, 3.63) is 42.0 Å². The first-order valence-corrected chi connectivity index (χ1v) is 10.1. The van der Waals surface area contributed by atoms with E-state index in [1.54, 1.807) is 21.3 Å². The van der Waals surface area contributed by atoms with E-state index in [-0.39, 0.29) is 11.7 Å². The van der Waals surface area contributed by atoms with Gasteiger partial charge in [0.15, 0.2) is 22.5 Å². The van der Waals surface area contributed by atoms with E-state index in [0.29, 0.717) is 28.2 Å². The fraction of sp³-hybridized carbons (Fsp3) is 0.286. The van der Waals surface area contributed by atoms with Gasteiger partial charge in [-0.15, -0.1) is 10.2 Å². The van der Waals surface area contributed by atoms with Crippen molar-refractivity contribution >= 4 is 23.4 Å². The molecule has 1 amide bonds. The van der Waals surface area contributed by atoms with Gasteiger partial charge in [-0.3, -0.25) is 4.79 Å². The zero-order valence-corrected chi connectivity index (χ0v) is 18.4. The highest BCUT2D eigenvalue weighted by Crippen LogP contribution is 2.41. The standard InChI is InChI=1S/C21H24N4O4S/c1-13-7-6-8-15(9-13)22-18(26)12-30-21-24-23-20(25(21)2)14-10-16(27-3)19(29-5)17(11-14)28-4/h6-11H,12H2,1-5H3,(H,22,26). The first-order chi connectivity index (χ1) is 14.5. The molecule has 1 heterocycles. The van der Waals surface area contributed by atoms with Gasteiger partial charge in [-0.1, -0.05) is 23.9 Å². The van der Waals surface area contributed by atoms with Crippen LogP contribution in [-0.2, 0) is 11.8 Å². The van der Waals surface area contributed by atoms with Gasteiger partial charge in [-0.05, 0) is 36.8 Å². The predicted molar refractivity (Wildman–Crippen MR) is 117 cm³/mol.